The van der Waals surface area contributed by atoms with Crippen molar-refractivity contribution < 1.29 is 18.0 Å². The summed E-state index contributed by atoms with van der Waals surface area (Å²) in [5.41, 5.74) is 3.29. The largest absolute Gasteiger partial charge is 0.436 e. The summed E-state index contributed by atoms with van der Waals surface area (Å²) in [6, 6.07) is 6.99. The number of carbonyl (C=O) groups is 1. The van der Waals surface area contributed by atoms with Gasteiger partial charge in [-0.2, -0.15) is 23.4 Å². The number of alkyl halides is 3. The maximum Gasteiger partial charge on any atom is 0.436 e. The van der Waals surface area contributed by atoms with E-state index >= 15 is 0 Å². The Morgan fingerprint density at radius 2 is 1.88 bits per heavy atom. The van der Waals surface area contributed by atoms with Crippen molar-refractivity contribution in [2.75, 3.05) is 5.32 Å². The van der Waals surface area contributed by atoms with Gasteiger partial charge < -0.3 is 5.32 Å². The van der Waals surface area contributed by atoms with E-state index in [1.165, 1.54) is 6.92 Å². The van der Waals surface area contributed by atoms with Crippen LogP contribution in [0.2, 0.25) is 5.02 Å². The molecule has 0 radical (unpaired) electrons. The van der Waals surface area contributed by atoms with Crippen LogP contribution >= 0.6 is 11.6 Å². The molecule has 6 nitrogen and oxygen atoms in total. The normalized spacial score (nSPS) is 15.0. The zero-order valence-corrected chi connectivity index (χ0v) is 19.6. The van der Waals surface area contributed by atoms with Crippen molar-refractivity contribution in [3.63, 3.8) is 0 Å². The molecule has 1 saturated carbocycles. The van der Waals surface area contributed by atoms with Crippen LogP contribution in [0.15, 0.2) is 24.3 Å². The standard InChI is InChI=1S/C23H25ClF3N5O/c1-12-7-5-6-8-17(12)11-31-14(3)19(13(2)29-31)28-22(33)15(4)32-20(16-9-10-16)18(24)21(30-32)23(25,26)27/h5-8,15-16H,9-11H2,1-4H3,(H,28,33). The van der Waals surface area contributed by atoms with E-state index in [-0.39, 0.29) is 11.6 Å². The fourth-order valence-electron chi connectivity index (χ4n) is 3.95. The number of anilines is 1. The molecule has 0 aliphatic heterocycles. The lowest BCUT2D eigenvalue weighted by atomic mass is 10.1. The van der Waals surface area contributed by atoms with Gasteiger partial charge in [0.1, 0.15) is 6.04 Å². The first-order valence-electron chi connectivity index (χ1n) is 10.7. The summed E-state index contributed by atoms with van der Waals surface area (Å²) < 4.78 is 43.1. The fraction of sp³-hybridized carbons (Fsp3) is 0.435. The lowest BCUT2D eigenvalue weighted by Gasteiger charge is -2.16. The predicted octanol–water partition coefficient (Wildman–Crippen LogP) is 5.80. The number of aromatic nitrogens is 4. The van der Waals surface area contributed by atoms with Crippen LogP contribution in [0.25, 0.3) is 0 Å². The van der Waals surface area contributed by atoms with Gasteiger partial charge in [0.15, 0.2) is 5.69 Å². The summed E-state index contributed by atoms with van der Waals surface area (Å²) in [4.78, 5) is 13.1. The molecule has 1 aliphatic carbocycles. The molecule has 10 heteroatoms. The average Bonchev–Trinajstić information content (AvgIpc) is 3.47. The topological polar surface area (TPSA) is 64.7 Å². The number of amides is 1. The van der Waals surface area contributed by atoms with Crippen molar-refractivity contribution in [1.82, 2.24) is 19.6 Å². The van der Waals surface area contributed by atoms with Gasteiger partial charge in [0.05, 0.1) is 34.3 Å². The van der Waals surface area contributed by atoms with E-state index in [2.05, 4.69) is 15.5 Å². The number of halogens is 4. The van der Waals surface area contributed by atoms with Gasteiger partial charge in [0.2, 0.25) is 5.91 Å². The van der Waals surface area contributed by atoms with E-state index in [0.29, 0.717) is 17.9 Å². The zero-order valence-electron chi connectivity index (χ0n) is 18.8. The van der Waals surface area contributed by atoms with Crippen LogP contribution in [0.4, 0.5) is 18.9 Å². The first-order valence-corrected chi connectivity index (χ1v) is 11.1. The van der Waals surface area contributed by atoms with Crippen LogP contribution in [-0.4, -0.2) is 25.5 Å². The number of carbonyl (C=O) groups excluding carboxylic acids is 1. The molecule has 1 aromatic carbocycles. The number of hydrogen-bond donors (Lipinski definition) is 1. The lowest BCUT2D eigenvalue weighted by Crippen LogP contribution is -2.26. The van der Waals surface area contributed by atoms with Crippen LogP contribution in [0.5, 0.6) is 0 Å². The molecular weight excluding hydrogens is 455 g/mol. The Morgan fingerprint density at radius 1 is 1.21 bits per heavy atom. The number of nitrogens with zero attached hydrogens (tertiary/aromatic N) is 4. The maximum atomic E-state index is 13.4. The molecule has 0 spiro atoms. The third-order valence-corrected chi connectivity index (χ3v) is 6.45. The first kappa shape index (κ1) is 23.4. The van der Waals surface area contributed by atoms with Gasteiger partial charge >= 0.3 is 6.18 Å². The van der Waals surface area contributed by atoms with Crippen molar-refractivity contribution in [2.45, 2.75) is 65.2 Å². The average molecular weight is 480 g/mol. The second-order valence-electron chi connectivity index (χ2n) is 8.56. The molecule has 1 N–H and O–H groups in total. The van der Waals surface area contributed by atoms with Crippen molar-refractivity contribution in [2.24, 2.45) is 0 Å². The Morgan fingerprint density at radius 3 is 2.48 bits per heavy atom. The molecule has 0 bridgehead atoms. The van der Waals surface area contributed by atoms with Gasteiger partial charge in [-0.1, -0.05) is 35.9 Å². The first-order chi connectivity index (χ1) is 15.5. The highest BCUT2D eigenvalue weighted by molar-refractivity contribution is 6.32. The van der Waals surface area contributed by atoms with Crippen molar-refractivity contribution in [1.29, 1.82) is 0 Å². The molecular formula is C23H25ClF3N5O. The summed E-state index contributed by atoms with van der Waals surface area (Å²) >= 11 is 6.05. The smallest absolute Gasteiger partial charge is 0.321 e. The molecule has 2 aromatic heterocycles. The van der Waals surface area contributed by atoms with Crippen LogP contribution in [-0.2, 0) is 17.5 Å². The minimum absolute atomic E-state index is 0.114. The molecule has 176 valence electrons. The van der Waals surface area contributed by atoms with Gasteiger partial charge in [-0.05, 0) is 51.7 Å². The summed E-state index contributed by atoms with van der Waals surface area (Å²) in [6.07, 6.45) is -3.24. The third-order valence-electron chi connectivity index (χ3n) is 6.08. The third kappa shape index (κ3) is 4.51. The van der Waals surface area contributed by atoms with E-state index in [1.54, 1.807) is 11.6 Å². The molecule has 4 rings (SSSR count). The van der Waals surface area contributed by atoms with E-state index in [1.807, 2.05) is 38.1 Å². The van der Waals surface area contributed by atoms with E-state index in [0.717, 1.165) is 34.3 Å². The monoisotopic (exact) mass is 479 g/mol. The van der Waals surface area contributed by atoms with Gasteiger partial charge in [-0.15, -0.1) is 0 Å². The second kappa shape index (κ2) is 8.52. The molecule has 2 heterocycles. The highest BCUT2D eigenvalue weighted by Crippen LogP contribution is 2.47. The van der Waals surface area contributed by atoms with Crippen LogP contribution < -0.4 is 5.32 Å². The number of benzene rings is 1. The molecule has 1 amide bonds. The summed E-state index contributed by atoms with van der Waals surface area (Å²) in [6.45, 7) is 7.71. The summed E-state index contributed by atoms with van der Waals surface area (Å²) in [5.74, 6) is -0.594. The van der Waals surface area contributed by atoms with E-state index in [4.69, 9.17) is 11.6 Å². The fourth-order valence-corrected chi connectivity index (χ4v) is 4.33. The van der Waals surface area contributed by atoms with E-state index in [9.17, 15) is 18.0 Å². The molecule has 0 saturated heterocycles. The molecule has 1 fully saturated rings. The van der Waals surface area contributed by atoms with Crippen molar-refractivity contribution in [3.8, 4) is 0 Å². The minimum atomic E-state index is -4.69. The number of nitrogens with one attached hydrogen (secondary N) is 1. The Labute approximate surface area is 194 Å². The maximum absolute atomic E-state index is 13.4. The highest BCUT2D eigenvalue weighted by atomic mass is 35.5. The highest BCUT2D eigenvalue weighted by Gasteiger charge is 2.43. The molecule has 1 aliphatic rings. The molecule has 1 atom stereocenters. The zero-order chi connectivity index (χ0) is 24.1. The Bertz CT molecular complexity index is 1210. The van der Waals surface area contributed by atoms with Gasteiger partial charge in [-0.25, -0.2) is 0 Å². The van der Waals surface area contributed by atoms with Gasteiger partial charge in [-0.3, -0.25) is 14.2 Å². The molecule has 3 aromatic rings. The van der Waals surface area contributed by atoms with Crippen molar-refractivity contribution in [3.05, 3.63) is 63.2 Å². The lowest BCUT2D eigenvalue weighted by molar-refractivity contribution is -0.141. The van der Waals surface area contributed by atoms with E-state index < -0.39 is 28.8 Å². The van der Waals surface area contributed by atoms with Crippen molar-refractivity contribution >= 4 is 23.2 Å². The Kier molecular flexibility index (Phi) is 6.03. The summed E-state index contributed by atoms with van der Waals surface area (Å²) in [7, 11) is 0. The Balaban J connectivity index is 1.59. The minimum Gasteiger partial charge on any atom is -0.321 e. The van der Waals surface area contributed by atoms with Gasteiger partial charge in [0.25, 0.3) is 0 Å². The quantitative estimate of drug-likeness (QED) is 0.485. The molecule has 33 heavy (non-hydrogen) atoms. The molecule has 1 unspecified atom stereocenters. The van der Waals surface area contributed by atoms with Crippen LogP contribution in [0.3, 0.4) is 0 Å². The van der Waals surface area contributed by atoms with Crippen LogP contribution in [0, 0.1) is 20.8 Å². The van der Waals surface area contributed by atoms with Crippen LogP contribution in [0.1, 0.15) is 65.6 Å². The summed E-state index contributed by atoms with van der Waals surface area (Å²) in [5, 5.41) is 10.7. The number of hydrogen-bond acceptors (Lipinski definition) is 3. The second-order valence-corrected chi connectivity index (χ2v) is 8.94. The number of aryl methyl sites for hydroxylation is 2. The van der Waals surface area contributed by atoms with Gasteiger partial charge in [0, 0.05) is 5.92 Å². The predicted molar refractivity (Wildman–Crippen MR) is 120 cm³/mol. The number of rotatable bonds is 6. The Hall–Kier alpha value is -2.81. The SMILES string of the molecule is Cc1ccccc1Cn1nc(C)c(NC(=O)C(C)n2nc(C(F)(F)F)c(Cl)c2C2CC2)c1C.